The number of hydrogen-bond acceptors (Lipinski definition) is 2. The molecule has 0 saturated heterocycles. The molecule has 0 aliphatic rings. The molecule has 0 aromatic heterocycles. The van der Waals surface area contributed by atoms with Crippen LogP contribution in [-0.4, -0.2) is 23.9 Å². The molecule has 0 saturated carbocycles. The van der Waals surface area contributed by atoms with Gasteiger partial charge in [0.05, 0.1) is 0 Å². The first kappa shape index (κ1) is 18.5. The van der Waals surface area contributed by atoms with Crippen LogP contribution in [0.25, 0.3) is 0 Å². The Bertz CT molecular complexity index is 548. The van der Waals surface area contributed by atoms with E-state index in [2.05, 4.69) is 10.6 Å². The zero-order valence-corrected chi connectivity index (χ0v) is 14.7. The van der Waals surface area contributed by atoms with E-state index in [9.17, 15) is 9.59 Å². The van der Waals surface area contributed by atoms with Crippen LogP contribution in [0.4, 0.5) is 0 Å². The van der Waals surface area contributed by atoms with Crippen LogP contribution >= 0.6 is 11.6 Å². The maximum absolute atomic E-state index is 12.3. The summed E-state index contributed by atoms with van der Waals surface area (Å²) in [7, 11) is 0. The number of benzene rings is 1. The van der Waals surface area contributed by atoms with Gasteiger partial charge in [-0.1, -0.05) is 23.7 Å². The van der Waals surface area contributed by atoms with Gasteiger partial charge in [-0.3, -0.25) is 9.59 Å². The summed E-state index contributed by atoms with van der Waals surface area (Å²) < 4.78 is 0. The molecule has 0 radical (unpaired) electrons. The lowest BCUT2D eigenvalue weighted by Gasteiger charge is -2.28. The van der Waals surface area contributed by atoms with Crippen molar-refractivity contribution in [3.63, 3.8) is 0 Å². The summed E-state index contributed by atoms with van der Waals surface area (Å²) in [5, 5.41) is 6.33. The standard InChI is InChI=1S/C17H25ClN2O2/c1-16(2,3)20-15(22)17(4,5)14(21)19-10-9-12-7-6-8-13(18)11-12/h6-8,11H,9-10H2,1-5H3,(H,19,21)(H,20,22). The third-order valence-corrected chi connectivity index (χ3v) is 3.45. The Morgan fingerprint density at radius 2 is 1.73 bits per heavy atom. The molecule has 2 N–H and O–H groups in total. The third kappa shape index (κ3) is 5.68. The number of carbonyl (C=O) groups excluding carboxylic acids is 2. The normalized spacial score (nSPS) is 11.9. The summed E-state index contributed by atoms with van der Waals surface area (Å²) in [4.78, 5) is 24.5. The minimum absolute atomic E-state index is 0.278. The van der Waals surface area contributed by atoms with Gasteiger partial charge in [0.15, 0.2) is 0 Å². The van der Waals surface area contributed by atoms with E-state index in [1.54, 1.807) is 13.8 Å². The molecular weight excluding hydrogens is 300 g/mol. The average molecular weight is 325 g/mol. The molecule has 122 valence electrons. The van der Waals surface area contributed by atoms with Gasteiger partial charge < -0.3 is 10.6 Å². The van der Waals surface area contributed by atoms with Gasteiger partial charge in [-0.15, -0.1) is 0 Å². The Balaban J connectivity index is 2.55. The second kappa shape index (κ2) is 7.14. The van der Waals surface area contributed by atoms with E-state index in [-0.39, 0.29) is 17.4 Å². The van der Waals surface area contributed by atoms with Crippen molar-refractivity contribution in [2.45, 2.75) is 46.6 Å². The lowest BCUT2D eigenvalue weighted by molar-refractivity contribution is -0.142. The number of amides is 2. The molecule has 22 heavy (non-hydrogen) atoms. The molecule has 0 bridgehead atoms. The summed E-state index contributed by atoms with van der Waals surface area (Å²) >= 11 is 5.92. The second-order valence-electron chi connectivity index (χ2n) is 6.96. The Morgan fingerprint density at radius 1 is 1.09 bits per heavy atom. The summed E-state index contributed by atoms with van der Waals surface area (Å²) in [6, 6.07) is 7.50. The summed E-state index contributed by atoms with van der Waals surface area (Å²) in [5.74, 6) is -0.559. The minimum Gasteiger partial charge on any atom is -0.355 e. The predicted molar refractivity (Wildman–Crippen MR) is 89.8 cm³/mol. The van der Waals surface area contributed by atoms with Crippen LogP contribution in [-0.2, 0) is 16.0 Å². The Kier molecular flexibility index (Phi) is 6.00. The number of halogens is 1. The molecule has 1 aromatic rings. The monoisotopic (exact) mass is 324 g/mol. The zero-order valence-electron chi connectivity index (χ0n) is 13.9. The molecule has 2 amide bonds. The number of rotatable bonds is 5. The van der Waals surface area contributed by atoms with Crippen LogP contribution in [0, 0.1) is 5.41 Å². The van der Waals surface area contributed by atoms with Crippen molar-refractivity contribution >= 4 is 23.4 Å². The van der Waals surface area contributed by atoms with E-state index >= 15 is 0 Å². The fourth-order valence-corrected chi connectivity index (χ4v) is 2.05. The van der Waals surface area contributed by atoms with E-state index in [0.717, 1.165) is 5.56 Å². The van der Waals surface area contributed by atoms with Gasteiger partial charge in [0.1, 0.15) is 5.41 Å². The first-order valence-corrected chi connectivity index (χ1v) is 7.75. The van der Waals surface area contributed by atoms with Crippen LogP contribution in [0.5, 0.6) is 0 Å². The van der Waals surface area contributed by atoms with Gasteiger partial charge in [-0.25, -0.2) is 0 Å². The summed E-state index contributed by atoms with van der Waals surface area (Å²) in [6.07, 6.45) is 0.670. The summed E-state index contributed by atoms with van der Waals surface area (Å²) in [6.45, 7) is 9.38. The molecule has 0 spiro atoms. The zero-order chi connectivity index (χ0) is 17.0. The topological polar surface area (TPSA) is 58.2 Å². The maximum atomic E-state index is 12.3. The number of carbonyl (C=O) groups is 2. The molecular formula is C17H25ClN2O2. The van der Waals surface area contributed by atoms with Crippen molar-refractivity contribution in [2.24, 2.45) is 5.41 Å². The minimum atomic E-state index is -1.11. The smallest absolute Gasteiger partial charge is 0.235 e. The van der Waals surface area contributed by atoms with Gasteiger partial charge >= 0.3 is 0 Å². The van der Waals surface area contributed by atoms with Crippen molar-refractivity contribution in [1.82, 2.24) is 10.6 Å². The fraction of sp³-hybridized carbons (Fsp3) is 0.529. The van der Waals surface area contributed by atoms with Gasteiger partial charge in [-0.05, 0) is 58.7 Å². The largest absolute Gasteiger partial charge is 0.355 e. The predicted octanol–water partition coefficient (Wildman–Crippen LogP) is 2.94. The van der Waals surface area contributed by atoms with Crippen molar-refractivity contribution in [3.8, 4) is 0 Å². The van der Waals surface area contributed by atoms with Crippen molar-refractivity contribution in [1.29, 1.82) is 0 Å². The van der Waals surface area contributed by atoms with Crippen LogP contribution in [0.1, 0.15) is 40.2 Å². The maximum Gasteiger partial charge on any atom is 0.235 e. The Hall–Kier alpha value is -1.55. The van der Waals surface area contributed by atoms with E-state index < -0.39 is 5.41 Å². The lowest BCUT2D eigenvalue weighted by atomic mass is 9.89. The molecule has 0 aliphatic heterocycles. The van der Waals surface area contributed by atoms with Crippen LogP contribution < -0.4 is 10.6 Å². The third-order valence-electron chi connectivity index (χ3n) is 3.21. The van der Waals surface area contributed by atoms with E-state index in [1.807, 2.05) is 45.0 Å². The molecule has 0 heterocycles. The lowest BCUT2D eigenvalue weighted by Crippen LogP contribution is -2.53. The van der Waals surface area contributed by atoms with Gasteiger partial charge in [0.25, 0.3) is 0 Å². The number of hydrogen-bond donors (Lipinski definition) is 2. The van der Waals surface area contributed by atoms with Crippen LogP contribution in [0.3, 0.4) is 0 Å². The molecule has 4 nitrogen and oxygen atoms in total. The van der Waals surface area contributed by atoms with Crippen LogP contribution in [0.15, 0.2) is 24.3 Å². The quantitative estimate of drug-likeness (QED) is 0.818. The van der Waals surface area contributed by atoms with Crippen molar-refractivity contribution < 1.29 is 9.59 Å². The first-order chi connectivity index (χ1) is 10.0. The molecule has 0 fully saturated rings. The highest BCUT2D eigenvalue weighted by Gasteiger charge is 2.37. The van der Waals surface area contributed by atoms with Gasteiger partial charge in [0, 0.05) is 17.1 Å². The molecule has 1 aromatic carbocycles. The summed E-state index contributed by atoms with van der Waals surface area (Å²) in [5.41, 5.74) is -0.429. The van der Waals surface area contributed by atoms with Gasteiger partial charge in [0.2, 0.25) is 11.8 Å². The van der Waals surface area contributed by atoms with E-state index in [1.165, 1.54) is 0 Å². The molecule has 0 unspecified atom stereocenters. The highest BCUT2D eigenvalue weighted by Crippen LogP contribution is 2.17. The molecule has 1 rings (SSSR count). The van der Waals surface area contributed by atoms with Crippen molar-refractivity contribution in [2.75, 3.05) is 6.54 Å². The molecule has 5 heteroatoms. The molecule has 0 aliphatic carbocycles. The average Bonchev–Trinajstić information content (AvgIpc) is 2.36. The second-order valence-corrected chi connectivity index (χ2v) is 7.40. The highest BCUT2D eigenvalue weighted by atomic mass is 35.5. The highest BCUT2D eigenvalue weighted by molar-refractivity contribution is 6.30. The SMILES string of the molecule is CC(C)(C)NC(=O)C(C)(C)C(=O)NCCc1cccc(Cl)c1. The van der Waals surface area contributed by atoms with Crippen molar-refractivity contribution in [3.05, 3.63) is 34.9 Å². The fourth-order valence-electron chi connectivity index (χ4n) is 1.83. The molecule has 0 atom stereocenters. The van der Waals surface area contributed by atoms with E-state index in [4.69, 9.17) is 11.6 Å². The first-order valence-electron chi connectivity index (χ1n) is 7.38. The Labute approximate surface area is 137 Å². The number of nitrogens with one attached hydrogen (secondary N) is 2. The van der Waals surface area contributed by atoms with Crippen LogP contribution in [0.2, 0.25) is 5.02 Å². The van der Waals surface area contributed by atoms with E-state index in [0.29, 0.717) is 18.0 Å². The van der Waals surface area contributed by atoms with Gasteiger partial charge in [-0.2, -0.15) is 0 Å². The Morgan fingerprint density at radius 3 is 2.27 bits per heavy atom.